The van der Waals surface area contributed by atoms with Crippen molar-refractivity contribution >= 4 is 16.0 Å². The van der Waals surface area contributed by atoms with Gasteiger partial charge in [-0.15, -0.1) is 0 Å². The van der Waals surface area contributed by atoms with Gasteiger partial charge in [0.1, 0.15) is 18.2 Å². The number of carbonyl (C=O) groups is 1. The number of hydrogen-bond acceptors (Lipinski definition) is 7. The predicted octanol–water partition coefficient (Wildman–Crippen LogP) is -0.865. The van der Waals surface area contributed by atoms with E-state index in [4.69, 9.17) is 10.6 Å². The number of hydrogen-bond donors (Lipinski definition) is 2. The van der Waals surface area contributed by atoms with Gasteiger partial charge in [0.2, 0.25) is 10.0 Å². The van der Waals surface area contributed by atoms with E-state index in [9.17, 15) is 13.2 Å². The summed E-state index contributed by atoms with van der Waals surface area (Å²) in [6.45, 7) is -0.135. The number of aromatic nitrogens is 1. The van der Waals surface area contributed by atoms with Crippen LogP contribution < -0.4 is 10.6 Å². The Labute approximate surface area is 104 Å². The molecule has 1 aromatic rings. The second-order valence-corrected chi connectivity index (χ2v) is 4.89. The van der Waals surface area contributed by atoms with E-state index < -0.39 is 21.9 Å². The van der Waals surface area contributed by atoms with E-state index in [0.717, 1.165) is 0 Å². The number of carbonyl (C=O) groups excluding carboxylic acids is 1. The topological polar surface area (TPSA) is 121 Å². The van der Waals surface area contributed by atoms with Crippen LogP contribution in [0.1, 0.15) is 16.2 Å². The molecule has 0 amide bonds. The van der Waals surface area contributed by atoms with Gasteiger partial charge in [0.25, 0.3) is 0 Å². The van der Waals surface area contributed by atoms with Crippen LogP contribution in [-0.2, 0) is 26.2 Å². The molecule has 1 rings (SSSR count). The Morgan fingerprint density at radius 2 is 2.22 bits per heavy atom. The molecular weight excluding hydrogens is 262 g/mol. The van der Waals surface area contributed by atoms with E-state index in [1.807, 2.05) is 4.89 Å². The fourth-order valence-electron chi connectivity index (χ4n) is 1.01. The maximum Gasteiger partial charge on any atom is 0.356 e. The summed E-state index contributed by atoms with van der Waals surface area (Å²) >= 11 is 0. The van der Waals surface area contributed by atoms with Gasteiger partial charge in [-0.3, -0.25) is 4.84 Å². The lowest BCUT2D eigenvalue weighted by molar-refractivity contribution is 0.0588. The molecule has 0 aliphatic rings. The highest BCUT2D eigenvalue weighted by Crippen LogP contribution is 2.02. The fraction of sp³-hybridized carbons (Fsp3) is 0.333. The molecule has 3 N–H and O–H groups in total. The summed E-state index contributed by atoms with van der Waals surface area (Å²) < 4.78 is 26.4. The number of esters is 1. The molecule has 18 heavy (non-hydrogen) atoms. The Morgan fingerprint density at radius 1 is 1.50 bits per heavy atom. The first kappa shape index (κ1) is 14.5. The molecule has 0 aliphatic carbocycles. The lowest BCUT2D eigenvalue weighted by Gasteiger charge is -2.05. The molecule has 0 fully saturated rings. The summed E-state index contributed by atoms with van der Waals surface area (Å²) in [6.07, 6.45) is 0. The number of nitrogens with two attached hydrogens (primary N) is 1. The Bertz CT molecular complexity index is 517. The summed E-state index contributed by atoms with van der Waals surface area (Å²) in [4.78, 5) is 21.6. The van der Waals surface area contributed by atoms with Crippen LogP contribution in [0.3, 0.4) is 0 Å². The SMILES string of the molecule is COC(=O)c1cccc(CONS(=O)(=O)CN)n1. The largest absolute Gasteiger partial charge is 0.464 e. The molecule has 0 radical (unpaired) electrons. The summed E-state index contributed by atoms with van der Waals surface area (Å²) in [5.41, 5.74) is 5.44. The van der Waals surface area contributed by atoms with Crippen molar-refractivity contribution in [2.24, 2.45) is 5.73 Å². The second-order valence-electron chi connectivity index (χ2n) is 3.16. The van der Waals surface area contributed by atoms with Crippen molar-refractivity contribution in [3.63, 3.8) is 0 Å². The van der Waals surface area contributed by atoms with Crippen LogP contribution in [0.4, 0.5) is 0 Å². The first-order chi connectivity index (χ1) is 8.48. The summed E-state index contributed by atoms with van der Waals surface area (Å²) in [5, 5.41) is 0. The average molecular weight is 275 g/mol. The van der Waals surface area contributed by atoms with Crippen molar-refractivity contribution in [1.29, 1.82) is 0 Å². The number of methoxy groups -OCH3 is 1. The van der Waals surface area contributed by atoms with E-state index in [0.29, 0.717) is 5.69 Å². The molecule has 0 unspecified atom stereocenters. The fourth-order valence-corrected chi connectivity index (χ4v) is 1.31. The van der Waals surface area contributed by atoms with Gasteiger partial charge in [0.05, 0.1) is 12.8 Å². The van der Waals surface area contributed by atoms with Crippen molar-refractivity contribution in [1.82, 2.24) is 9.87 Å². The highest BCUT2D eigenvalue weighted by Gasteiger charge is 2.09. The van der Waals surface area contributed by atoms with Gasteiger partial charge in [0.15, 0.2) is 0 Å². The van der Waals surface area contributed by atoms with Crippen LogP contribution in [0.25, 0.3) is 0 Å². The average Bonchev–Trinajstić information content (AvgIpc) is 2.38. The van der Waals surface area contributed by atoms with E-state index in [1.54, 1.807) is 12.1 Å². The van der Waals surface area contributed by atoms with Crippen molar-refractivity contribution in [3.05, 3.63) is 29.6 Å². The van der Waals surface area contributed by atoms with E-state index in [-0.39, 0.29) is 12.3 Å². The van der Waals surface area contributed by atoms with E-state index >= 15 is 0 Å². The first-order valence-corrected chi connectivity index (χ1v) is 6.49. The number of ether oxygens (including phenoxy) is 1. The van der Waals surface area contributed by atoms with Gasteiger partial charge in [-0.05, 0) is 12.1 Å². The minimum Gasteiger partial charge on any atom is -0.464 e. The van der Waals surface area contributed by atoms with Gasteiger partial charge in [0, 0.05) is 0 Å². The molecule has 1 heterocycles. The second kappa shape index (κ2) is 6.40. The van der Waals surface area contributed by atoms with Crippen LogP contribution in [-0.4, -0.2) is 32.4 Å². The molecule has 0 saturated carbocycles. The minimum absolute atomic E-state index is 0.111. The molecule has 0 saturated heterocycles. The summed E-state index contributed by atoms with van der Waals surface area (Å²) in [6, 6.07) is 4.62. The zero-order valence-corrected chi connectivity index (χ0v) is 10.4. The Kier molecular flexibility index (Phi) is 5.16. The maximum atomic E-state index is 11.2. The van der Waals surface area contributed by atoms with Gasteiger partial charge in [-0.1, -0.05) is 11.0 Å². The number of rotatable bonds is 6. The molecular formula is C9H13N3O5S. The predicted molar refractivity (Wildman–Crippen MR) is 61.5 cm³/mol. The molecule has 8 nitrogen and oxygen atoms in total. The third-order valence-corrected chi connectivity index (χ3v) is 2.64. The molecule has 0 aliphatic heterocycles. The molecule has 100 valence electrons. The maximum absolute atomic E-state index is 11.2. The lowest BCUT2D eigenvalue weighted by atomic mass is 10.3. The third-order valence-electron chi connectivity index (χ3n) is 1.83. The van der Waals surface area contributed by atoms with Crippen LogP contribution in [0, 0.1) is 0 Å². The monoisotopic (exact) mass is 275 g/mol. The van der Waals surface area contributed by atoms with E-state index in [1.165, 1.54) is 13.2 Å². The van der Waals surface area contributed by atoms with Gasteiger partial charge < -0.3 is 10.5 Å². The van der Waals surface area contributed by atoms with Gasteiger partial charge >= 0.3 is 5.97 Å². The van der Waals surface area contributed by atoms with Gasteiger partial charge in [-0.25, -0.2) is 18.2 Å². The number of nitrogens with zero attached hydrogens (tertiary/aromatic N) is 1. The smallest absolute Gasteiger partial charge is 0.356 e. The van der Waals surface area contributed by atoms with Crippen molar-refractivity contribution in [2.75, 3.05) is 13.0 Å². The van der Waals surface area contributed by atoms with Crippen molar-refractivity contribution < 1.29 is 22.8 Å². The Morgan fingerprint density at radius 3 is 2.83 bits per heavy atom. The lowest BCUT2D eigenvalue weighted by Crippen LogP contribution is -2.30. The van der Waals surface area contributed by atoms with Crippen LogP contribution in [0.2, 0.25) is 0 Å². The van der Waals surface area contributed by atoms with Crippen LogP contribution >= 0.6 is 0 Å². The Balaban J connectivity index is 2.61. The minimum atomic E-state index is -3.63. The molecule has 0 aromatic carbocycles. The molecule has 0 atom stereocenters. The summed E-state index contributed by atoms with van der Waals surface area (Å²) in [5.74, 6) is -1.16. The number of pyridine rings is 1. The van der Waals surface area contributed by atoms with Crippen molar-refractivity contribution in [3.8, 4) is 0 Å². The summed E-state index contributed by atoms with van der Waals surface area (Å²) in [7, 11) is -2.40. The first-order valence-electron chi connectivity index (χ1n) is 4.84. The molecule has 1 aromatic heterocycles. The molecule has 0 bridgehead atoms. The number of nitrogens with one attached hydrogen (secondary N) is 1. The van der Waals surface area contributed by atoms with Gasteiger partial charge in [-0.2, -0.15) is 0 Å². The highest BCUT2D eigenvalue weighted by molar-refractivity contribution is 7.89. The Hall–Kier alpha value is -1.55. The zero-order chi connectivity index (χ0) is 13.6. The third kappa shape index (κ3) is 4.37. The number of sulfonamides is 1. The van der Waals surface area contributed by atoms with Crippen LogP contribution in [0.5, 0.6) is 0 Å². The zero-order valence-electron chi connectivity index (χ0n) is 9.62. The standard InChI is InChI=1S/C9H13N3O5S/c1-16-9(13)8-4-2-3-7(11-8)5-17-12-18(14,15)6-10/h2-4,12H,5-6,10H2,1H3. The normalized spacial score (nSPS) is 11.2. The molecule has 9 heteroatoms. The van der Waals surface area contributed by atoms with Crippen LogP contribution in [0.15, 0.2) is 18.2 Å². The highest BCUT2D eigenvalue weighted by atomic mass is 32.2. The molecule has 0 spiro atoms. The quantitative estimate of drug-likeness (QED) is 0.511. The van der Waals surface area contributed by atoms with Crippen molar-refractivity contribution in [2.45, 2.75) is 6.61 Å². The van der Waals surface area contributed by atoms with E-state index in [2.05, 4.69) is 9.72 Å².